The van der Waals surface area contributed by atoms with Crippen LogP contribution in [0.1, 0.15) is 78.2 Å². The third-order valence-corrected chi connectivity index (χ3v) is 11.0. The number of anilines is 1. The van der Waals surface area contributed by atoms with Gasteiger partial charge >= 0.3 is 12.1 Å². The molecule has 7 rings (SSSR count). The molecule has 3 atom stereocenters. The van der Waals surface area contributed by atoms with Crippen molar-refractivity contribution in [2.24, 2.45) is 0 Å². The molecule has 12 nitrogen and oxygen atoms in total. The number of nitrogens with zero attached hydrogens (tertiary/aromatic N) is 6. The van der Waals surface area contributed by atoms with Crippen LogP contribution in [0.5, 0.6) is 11.8 Å². The van der Waals surface area contributed by atoms with Gasteiger partial charge in [0.25, 0.3) is 0 Å². The number of fused-ring (bicyclic) bond motifs is 4. The zero-order chi connectivity index (χ0) is 38.7. The van der Waals surface area contributed by atoms with E-state index in [2.05, 4.69) is 16.7 Å². The maximum atomic E-state index is 17.3. The Hall–Kier alpha value is -4.62. The number of rotatable bonds is 14. The first kappa shape index (κ1) is 38.6. The van der Waals surface area contributed by atoms with Crippen molar-refractivity contribution in [2.75, 3.05) is 51.6 Å². The molecule has 294 valence electrons. The largest absolute Gasteiger partial charge is 0.468 e. The summed E-state index contributed by atoms with van der Waals surface area (Å²) in [4.78, 5) is 45.0. The number of unbranched alkanes of at least 4 members (excludes halogenated alkanes) is 2. The minimum atomic E-state index is -0.604. The highest BCUT2D eigenvalue weighted by Gasteiger charge is 2.45. The van der Waals surface area contributed by atoms with Crippen molar-refractivity contribution in [1.29, 1.82) is 0 Å². The third kappa shape index (κ3) is 8.33. The van der Waals surface area contributed by atoms with Gasteiger partial charge in [0.05, 0.1) is 17.5 Å². The molecule has 5 heterocycles. The van der Waals surface area contributed by atoms with Crippen molar-refractivity contribution in [1.82, 2.24) is 24.8 Å². The van der Waals surface area contributed by atoms with Crippen LogP contribution in [0.3, 0.4) is 0 Å². The van der Waals surface area contributed by atoms with Crippen molar-refractivity contribution < 1.29 is 32.9 Å². The molecule has 0 aliphatic carbocycles. The normalized spacial score (nSPS) is 20.1. The Kier molecular flexibility index (Phi) is 11.7. The first-order valence-corrected chi connectivity index (χ1v) is 19.7. The van der Waals surface area contributed by atoms with E-state index in [9.17, 15) is 9.59 Å². The molecule has 4 aromatic rings. The fourth-order valence-electron chi connectivity index (χ4n) is 8.47. The van der Waals surface area contributed by atoms with Gasteiger partial charge < -0.3 is 28.6 Å². The van der Waals surface area contributed by atoms with Crippen LogP contribution in [-0.2, 0) is 20.7 Å². The standard InChI is InChI=1S/C42H53FN6O6/c1-6-27-12-10-13-28-20-32(54-26-52-5)21-33(35(27)28)37-36(43)38-34(22-44-37)39(48-23-29-15-16-30(24-48)49(29)41(51)55-42(2,3)4)46-40(45-38)53-25-31-14-11-18-47(31)17-8-7-9-19-50/h10,12-13,19-22,29-31H,6-9,11,14-18,23-26H2,1-5H3/t29?,30?,31-/m0/s1. The van der Waals surface area contributed by atoms with Crippen LogP contribution in [-0.4, -0.2) is 108 Å². The van der Waals surface area contributed by atoms with Crippen LogP contribution >= 0.6 is 0 Å². The molecular weight excluding hydrogens is 703 g/mol. The minimum Gasteiger partial charge on any atom is -0.468 e. The molecule has 55 heavy (non-hydrogen) atoms. The summed E-state index contributed by atoms with van der Waals surface area (Å²) in [6.45, 7) is 11.0. The predicted molar refractivity (Wildman–Crippen MR) is 209 cm³/mol. The number of piperazine rings is 1. The summed E-state index contributed by atoms with van der Waals surface area (Å²) in [5.74, 6) is 0.499. The Labute approximate surface area is 322 Å². The molecule has 1 amide bonds. The number of carbonyl (C=O) groups is 2. The molecule has 0 radical (unpaired) electrons. The number of hydrogen-bond donors (Lipinski definition) is 0. The van der Waals surface area contributed by atoms with Gasteiger partial charge in [-0.2, -0.15) is 9.97 Å². The molecule has 13 heteroatoms. The molecule has 0 spiro atoms. The average molecular weight is 757 g/mol. The quantitative estimate of drug-likeness (QED) is 0.0731. The highest BCUT2D eigenvalue weighted by Crippen LogP contribution is 2.40. The zero-order valence-electron chi connectivity index (χ0n) is 32.7. The van der Waals surface area contributed by atoms with Crippen LogP contribution in [0, 0.1) is 5.82 Å². The maximum Gasteiger partial charge on any atom is 0.410 e. The van der Waals surface area contributed by atoms with E-state index in [1.807, 2.05) is 56.0 Å². The SMILES string of the molecule is CCc1cccc2cc(OCOC)cc(-c3ncc4c(N5CC6CCC(C5)N6C(=O)OC(C)(C)C)nc(OC[C@@H]5CCCN5CCCCC=O)nc4c3F)c12. The number of benzene rings is 2. The number of amides is 1. The molecule has 0 N–H and O–H groups in total. The number of likely N-dealkylation sites (tertiary alicyclic amines) is 1. The van der Waals surface area contributed by atoms with Crippen molar-refractivity contribution in [3.8, 4) is 23.0 Å². The summed E-state index contributed by atoms with van der Waals surface area (Å²) in [6, 6.07) is 9.87. The van der Waals surface area contributed by atoms with Gasteiger partial charge in [-0.25, -0.2) is 9.18 Å². The van der Waals surface area contributed by atoms with E-state index in [0.717, 1.165) is 80.7 Å². The Bertz CT molecular complexity index is 2010. The predicted octanol–water partition coefficient (Wildman–Crippen LogP) is 7.33. The number of pyridine rings is 1. The van der Waals surface area contributed by atoms with Gasteiger partial charge in [-0.05, 0) is 107 Å². The van der Waals surface area contributed by atoms with Gasteiger partial charge in [-0.1, -0.05) is 25.1 Å². The Morgan fingerprint density at radius 3 is 2.58 bits per heavy atom. The molecule has 2 aromatic carbocycles. The molecular formula is C42H53FN6O6. The Morgan fingerprint density at radius 1 is 1.05 bits per heavy atom. The smallest absolute Gasteiger partial charge is 0.410 e. The molecule has 0 saturated carbocycles. The second-order valence-corrected chi connectivity index (χ2v) is 15.9. The molecule has 2 bridgehead atoms. The van der Waals surface area contributed by atoms with Crippen LogP contribution in [0.2, 0.25) is 0 Å². The van der Waals surface area contributed by atoms with Gasteiger partial charge in [0.2, 0.25) is 0 Å². The number of carbonyl (C=O) groups excluding carboxylic acids is 2. The molecule has 3 aliphatic rings. The van der Waals surface area contributed by atoms with Gasteiger partial charge in [0.15, 0.2) is 12.6 Å². The topological polar surface area (TPSA) is 119 Å². The number of hydrogen-bond acceptors (Lipinski definition) is 11. The summed E-state index contributed by atoms with van der Waals surface area (Å²) < 4.78 is 40.6. The summed E-state index contributed by atoms with van der Waals surface area (Å²) in [5.41, 5.74) is 1.33. The molecule has 3 fully saturated rings. The minimum absolute atomic E-state index is 0.0453. The van der Waals surface area contributed by atoms with E-state index in [-0.39, 0.29) is 48.2 Å². The Balaban J connectivity index is 1.28. The lowest BCUT2D eigenvalue weighted by molar-refractivity contribution is -0.107. The van der Waals surface area contributed by atoms with Crippen LogP contribution in [0.25, 0.3) is 32.9 Å². The van der Waals surface area contributed by atoms with Crippen molar-refractivity contribution in [3.05, 3.63) is 47.9 Å². The number of aryl methyl sites for hydroxylation is 1. The monoisotopic (exact) mass is 756 g/mol. The summed E-state index contributed by atoms with van der Waals surface area (Å²) in [7, 11) is 1.56. The molecule has 3 saturated heterocycles. The number of aldehydes is 1. The number of halogens is 1. The summed E-state index contributed by atoms with van der Waals surface area (Å²) in [5, 5.41) is 2.28. The van der Waals surface area contributed by atoms with Gasteiger partial charge in [0, 0.05) is 44.4 Å². The van der Waals surface area contributed by atoms with Crippen LogP contribution in [0.4, 0.5) is 15.0 Å². The highest BCUT2D eigenvalue weighted by atomic mass is 19.1. The van der Waals surface area contributed by atoms with Gasteiger partial charge in [0.1, 0.15) is 41.3 Å². The summed E-state index contributed by atoms with van der Waals surface area (Å²) >= 11 is 0. The van der Waals surface area contributed by atoms with Crippen molar-refractivity contribution in [3.63, 3.8) is 0 Å². The van der Waals surface area contributed by atoms with Gasteiger partial charge in [-0.15, -0.1) is 0 Å². The third-order valence-electron chi connectivity index (χ3n) is 11.0. The summed E-state index contributed by atoms with van der Waals surface area (Å²) in [6.07, 6.45) is 9.14. The van der Waals surface area contributed by atoms with E-state index in [1.54, 1.807) is 13.3 Å². The van der Waals surface area contributed by atoms with Crippen molar-refractivity contribution >= 4 is 39.9 Å². The van der Waals surface area contributed by atoms with E-state index in [4.69, 9.17) is 33.9 Å². The molecule has 2 unspecified atom stereocenters. The lowest BCUT2D eigenvalue weighted by Gasteiger charge is -2.42. The lowest BCUT2D eigenvalue weighted by atomic mass is 9.95. The van der Waals surface area contributed by atoms with E-state index in [0.29, 0.717) is 48.6 Å². The number of methoxy groups -OCH3 is 1. The fraction of sp³-hybridized carbons (Fsp3) is 0.548. The van der Waals surface area contributed by atoms with Crippen LogP contribution in [0.15, 0.2) is 36.5 Å². The van der Waals surface area contributed by atoms with E-state index >= 15 is 4.39 Å². The second-order valence-electron chi connectivity index (χ2n) is 15.9. The second kappa shape index (κ2) is 16.6. The number of ether oxygens (including phenoxy) is 4. The maximum absolute atomic E-state index is 17.3. The first-order valence-electron chi connectivity index (χ1n) is 19.7. The van der Waals surface area contributed by atoms with E-state index < -0.39 is 11.4 Å². The van der Waals surface area contributed by atoms with E-state index in [1.165, 1.54) is 0 Å². The highest BCUT2D eigenvalue weighted by molar-refractivity contribution is 6.01. The molecule has 3 aliphatic heterocycles. The van der Waals surface area contributed by atoms with Crippen molar-refractivity contribution in [2.45, 2.75) is 103 Å². The average Bonchev–Trinajstić information content (AvgIpc) is 3.73. The Morgan fingerprint density at radius 2 is 1.85 bits per heavy atom. The fourth-order valence-corrected chi connectivity index (χ4v) is 8.47. The first-order chi connectivity index (χ1) is 26.6. The lowest BCUT2D eigenvalue weighted by Crippen LogP contribution is -2.57. The van der Waals surface area contributed by atoms with Crippen LogP contribution < -0.4 is 14.4 Å². The van der Waals surface area contributed by atoms with Gasteiger partial charge in [-0.3, -0.25) is 14.8 Å². The zero-order valence-corrected chi connectivity index (χ0v) is 32.7. The number of aromatic nitrogens is 3. The molecule has 2 aromatic heterocycles.